The average molecular weight is 280 g/mol. The predicted octanol–water partition coefficient (Wildman–Crippen LogP) is 1.58. The van der Waals surface area contributed by atoms with E-state index in [4.69, 9.17) is 0 Å². The highest BCUT2D eigenvalue weighted by atomic mass is 32.2. The van der Waals surface area contributed by atoms with E-state index < -0.39 is 9.84 Å². The fourth-order valence-electron chi connectivity index (χ4n) is 2.22. The Kier molecular flexibility index (Phi) is 4.27. The number of hydrogen-bond donors (Lipinski definition) is 1. The molecule has 19 heavy (non-hydrogen) atoms. The van der Waals surface area contributed by atoms with E-state index in [1.165, 1.54) is 22.9 Å². The summed E-state index contributed by atoms with van der Waals surface area (Å²) < 4.78 is 24.3. The lowest BCUT2D eigenvalue weighted by molar-refractivity contribution is 0.587. The van der Waals surface area contributed by atoms with Crippen molar-refractivity contribution in [2.24, 2.45) is 0 Å². The number of nitrogens with zero attached hydrogens (tertiary/aromatic N) is 1. The molecule has 1 aromatic heterocycles. The molecule has 0 bridgehead atoms. The summed E-state index contributed by atoms with van der Waals surface area (Å²) in [5, 5.41) is 4.42. The Hall–Kier alpha value is -1.33. The molecular weight excluding hydrogens is 260 g/mol. The molecule has 104 valence electrons. The minimum atomic E-state index is -2.87. The van der Waals surface area contributed by atoms with E-state index in [-0.39, 0.29) is 5.75 Å². The van der Waals surface area contributed by atoms with Crippen LogP contribution in [-0.4, -0.2) is 38.1 Å². The van der Waals surface area contributed by atoms with Gasteiger partial charge in [-0.15, -0.1) is 0 Å². The van der Waals surface area contributed by atoms with Crippen molar-refractivity contribution in [1.82, 2.24) is 9.88 Å². The van der Waals surface area contributed by atoms with E-state index in [9.17, 15) is 8.42 Å². The Balaban J connectivity index is 1.93. The van der Waals surface area contributed by atoms with Gasteiger partial charge >= 0.3 is 0 Å². The van der Waals surface area contributed by atoms with Crippen molar-refractivity contribution in [3.63, 3.8) is 0 Å². The zero-order chi connectivity index (χ0) is 13.9. The van der Waals surface area contributed by atoms with Crippen LogP contribution in [-0.2, 0) is 16.4 Å². The number of nitrogens with one attached hydrogen (secondary N) is 1. The molecule has 0 aliphatic rings. The molecule has 0 saturated carbocycles. The molecule has 1 heterocycles. The molecule has 0 amide bonds. The van der Waals surface area contributed by atoms with E-state index in [1.807, 2.05) is 12.1 Å². The van der Waals surface area contributed by atoms with Crippen LogP contribution in [0.25, 0.3) is 10.9 Å². The summed E-state index contributed by atoms with van der Waals surface area (Å²) in [6, 6.07) is 10.5. The third kappa shape index (κ3) is 3.81. The molecular formula is C14H20N2O2S. The van der Waals surface area contributed by atoms with Gasteiger partial charge in [0.2, 0.25) is 0 Å². The minimum Gasteiger partial charge on any atom is -0.344 e. The van der Waals surface area contributed by atoms with Gasteiger partial charge < -0.3 is 9.88 Å². The number of hydrogen-bond acceptors (Lipinski definition) is 3. The van der Waals surface area contributed by atoms with Crippen molar-refractivity contribution in [3.8, 4) is 0 Å². The van der Waals surface area contributed by atoms with Crippen LogP contribution in [0.15, 0.2) is 30.3 Å². The molecule has 0 atom stereocenters. The normalized spacial score (nSPS) is 12.1. The van der Waals surface area contributed by atoms with Crippen molar-refractivity contribution in [2.45, 2.75) is 13.5 Å². The zero-order valence-corrected chi connectivity index (χ0v) is 12.2. The number of para-hydroxylation sites is 1. The first kappa shape index (κ1) is 14.1. The van der Waals surface area contributed by atoms with E-state index in [1.54, 1.807) is 0 Å². The maximum atomic E-state index is 11.0. The van der Waals surface area contributed by atoms with Gasteiger partial charge in [0.1, 0.15) is 9.84 Å². The largest absolute Gasteiger partial charge is 0.344 e. The van der Waals surface area contributed by atoms with Crippen molar-refractivity contribution in [1.29, 1.82) is 0 Å². The van der Waals surface area contributed by atoms with E-state index in [2.05, 4.69) is 35.0 Å². The number of aromatic nitrogens is 1. The molecule has 0 radical (unpaired) electrons. The van der Waals surface area contributed by atoms with E-state index in [0.717, 1.165) is 13.1 Å². The summed E-state index contributed by atoms with van der Waals surface area (Å²) in [5.74, 6) is 0.193. The molecule has 1 aromatic carbocycles. The topological polar surface area (TPSA) is 51.1 Å². The molecule has 0 aliphatic carbocycles. The SMILES string of the molecule is Cc1cc2ccccc2n1CCNCCS(C)(=O)=O. The lowest BCUT2D eigenvalue weighted by Gasteiger charge is -2.09. The maximum absolute atomic E-state index is 11.0. The van der Waals surface area contributed by atoms with Crippen LogP contribution in [0.2, 0.25) is 0 Å². The molecule has 0 fully saturated rings. The van der Waals surface area contributed by atoms with Crippen molar-refractivity contribution in [3.05, 3.63) is 36.0 Å². The Morgan fingerprint density at radius 2 is 1.95 bits per heavy atom. The minimum absolute atomic E-state index is 0.193. The third-order valence-corrected chi connectivity index (χ3v) is 4.13. The van der Waals surface area contributed by atoms with Crippen LogP contribution in [0.1, 0.15) is 5.69 Å². The number of aryl methyl sites for hydroxylation is 1. The first-order valence-electron chi connectivity index (χ1n) is 6.41. The van der Waals surface area contributed by atoms with E-state index >= 15 is 0 Å². The number of benzene rings is 1. The second-order valence-corrected chi connectivity index (χ2v) is 7.14. The van der Waals surface area contributed by atoms with Gasteiger partial charge in [0.25, 0.3) is 0 Å². The Bertz CT molecular complexity index is 659. The molecule has 0 saturated heterocycles. The predicted molar refractivity (Wildman–Crippen MR) is 79.3 cm³/mol. The average Bonchev–Trinajstić information content (AvgIpc) is 2.64. The summed E-state index contributed by atoms with van der Waals surface area (Å²) in [6.45, 7) is 4.23. The van der Waals surface area contributed by atoms with Gasteiger partial charge in [-0.2, -0.15) is 0 Å². The van der Waals surface area contributed by atoms with E-state index in [0.29, 0.717) is 6.54 Å². The molecule has 2 aromatic rings. The zero-order valence-electron chi connectivity index (χ0n) is 11.4. The van der Waals surface area contributed by atoms with Crippen LogP contribution in [0.4, 0.5) is 0 Å². The van der Waals surface area contributed by atoms with Crippen molar-refractivity contribution < 1.29 is 8.42 Å². The van der Waals surface area contributed by atoms with Gasteiger partial charge in [-0.05, 0) is 24.4 Å². The second kappa shape index (κ2) is 5.75. The monoisotopic (exact) mass is 280 g/mol. The molecule has 1 N–H and O–H groups in total. The van der Waals surface area contributed by atoms with Crippen LogP contribution >= 0.6 is 0 Å². The maximum Gasteiger partial charge on any atom is 0.148 e. The highest BCUT2D eigenvalue weighted by molar-refractivity contribution is 7.90. The smallest absolute Gasteiger partial charge is 0.148 e. The lowest BCUT2D eigenvalue weighted by Crippen LogP contribution is -2.26. The number of rotatable bonds is 6. The highest BCUT2D eigenvalue weighted by Crippen LogP contribution is 2.18. The van der Waals surface area contributed by atoms with Gasteiger partial charge in [0, 0.05) is 37.1 Å². The molecule has 2 rings (SSSR count). The third-order valence-electron chi connectivity index (χ3n) is 3.18. The fourth-order valence-corrected chi connectivity index (χ4v) is 2.73. The van der Waals surface area contributed by atoms with Crippen molar-refractivity contribution in [2.75, 3.05) is 25.1 Å². The fraction of sp³-hybridized carbons (Fsp3) is 0.429. The highest BCUT2D eigenvalue weighted by Gasteiger charge is 2.04. The molecule has 0 aliphatic heterocycles. The quantitative estimate of drug-likeness (QED) is 0.817. The molecule has 5 heteroatoms. The van der Waals surface area contributed by atoms with Crippen molar-refractivity contribution >= 4 is 20.7 Å². The van der Waals surface area contributed by atoms with Gasteiger partial charge in [-0.3, -0.25) is 0 Å². The van der Waals surface area contributed by atoms with Gasteiger partial charge in [0.05, 0.1) is 5.75 Å². The standard InChI is InChI=1S/C14H20N2O2S/c1-12-11-13-5-3-4-6-14(13)16(12)9-7-15-8-10-19(2,17)18/h3-6,11,15H,7-10H2,1-2H3. The molecule has 0 unspecified atom stereocenters. The summed E-state index contributed by atoms with van der Waals surface area (Å²) >= 11 is 0. The molecule has 0 spiro atoms. The first-order chi connectivity index (χ1) is 8.97. The van der Waals surface area contributed by atoms with Gasteiger partial charge in [0.15, 0.2) is 0 Å². The van der Waals surface area contributed by atoms with Gasteiger partial charge in [-0.1, -0.05) is 18.2 Å². The Morgan fingerprint density at radius 1 is 1.21 bits per heavy atom. The first-order valence-corrected chi connectivity index (χ1v) is 8.47. The number of sulfone groups is 1. The van der Waals surface area contributed by atoms with Crippen LogP contribution in [0, 0.1) is 6.92 Å². The van der Waals surface area contributed by atoms with Crippen LogP contribution in [0.3, 0.4) is 0 Å². The summed E-state index contributed by atoms with van der Waals surface area (Å²) in [7, 11) is -2.87. The lowest BCUT2D eigenvalue weighted by atomic mass is 10.2. The van der Waals surface area contributed by atoms with Gasteiger partial charge in [-0.25, -0.2) is 8.42 Å². The summed E-state index contributed by atoms with van der Waals surface area (Å²) in [4.78, 5) is 0. The Morgan fingerprint density at radius 3 is 2.68 bits per heavy atom. The summed E-state index contributed by atoms with van der Waals surface area (Å²) in [5.41, 5.74) is 2.45. The summed E-state index contributed by atoms with van der Waals surface area (Å²) in [6.07, 6.45) is 1.26. The van der Waals surface area contributed by atoms with Crippen LogP contribution in [0.5, 0.6) is 0 Å². The molecule has 4 nitrogen and oxygen atoms in total. The number of fused-ring (bicyclic) bond motifs is 1. The van der Waals surface area contributed by atoms with Crippen LogP contribution < -0.4 is 5.32 Å². The second-order valence-electron chi connectivity index (χ2n) is 4.88. The Labute approximate surface area is 114 Å².